The molecule has 5 nitrogen and oxygen atoms in total. The molecule has 2 heterocycles. The highest BCUT2D eigenvalue weighted by Crippen LogP contribution is 2.27. The summed E-state index contributed by atoms with van der Waals surface area (Å²) in [4.78, 5) is 12.0. The van der Waals surface area contributed by atoms with Crippen LogP contribution in [0.15, 0.2) is 16.3 Å². The molecule has 0 saturated carbocycles. The van der Waals surface area contributed by atoms with Crippen LogP contribution in [0.2, 0.25) is 0 Å². The van der Waals surface area contributed by atoms with Gasteiger partial charge in [-0.2, -0.15) is 4.31 Å². The number of piperidine rings is 1. The van der Waals surface area contributed by atoms with Gasteiger partial charge >= 0.3 is 0 Å². The molecule has 1 aromatic heterocycles. The van der Waals surface area contributed by atoms with Gasteiger partial charge in [0.25, 0.3) is 10.0 Å². The van der Waals surface area contributed by atoms with Crippen LogP contribution in [0.3, 0.4) is 0 Å². The number of nitrogens with one attached hydrogen (secondary N) is 1. The third-order valence-corrected chi connectivity index (χ3v) is 7.11. The van der Waals surface area contributed by atoms with E-state index in [1.54, 1.807) is 10.4 Å². The number of hydrogen-bond donors (Lipinski definition) is 1. The molecule has 21 heavy (non-hydrogen) atoms. The molecule has 1 aromatic rings. The van der Waals surface area contributed by atoms with E-state index < -0.39 is 10.0 Å². The Kier molecular flexibility index (Phi) is 6.04. The standard InChI is InChI=1S/C13H19ClN2O3S2/c14-10-12(17)15-7-6-11-4-5-13(20-11)21(18,19)16-8-2-1-3-9-16/h4-5H,1-3,6-10H2,(H,15,17). The minimum absolute atomic E-state index is 0.0565. The molecule has 0 aromatic carbocycles. The normalized spacial score (nSPS) is 16.8. The zero-order valence-electron chi connectivity index (χ0n) is 11.7. The molecule has 0 spiro atoms. The Labute approximate surface area is 134 Å². The van der Waals surface area contributed by atoms with Crippen molar-refractivity contribution in [3.05, 3.63) is 17.0 Å². The fourth-order valence-electron chi connectivity index (χ4n) is 2.24. The van der Waals surface area contributed by atoms with Crippen molar-refractivity contribution in [1.82, 2.24) is 9.62 Å². The average molecular weight is 351 g/mol. The molecular formula is C13H19ClN2O3S2. The van der Waals surface area contributed by atoms with Gasteiger partial charge in [-0.15, -0.1) is 22.9 Å². The number of carbonyl (C=O) groups excluding carboxylic acids is 1. The van der Waals surface area contributed by atoms with Crippen LogP contribution in [0.4, 0.5) is 0 Å². The van der Waals surface area contributed by atoms with E-state index in [1.165, 1.54) is 11.3 Å². The van der Waals surface area contributed by atoms with Crippen molar-refractivity contribution >= 4 is 38.9 Å². The predicted molar refractivity (Wildman–Crippen MR) is 84.4 cm³/mol. The summed E-state index contributed by atoms with van der Waals surface area (Å²) in [6, 6.07) is 3.47. The smallest absolute Gasteiger partial charge is 0.252 e. The molecule has 8 heteroatoms. The number of carbonyl (C=O) groups is 1. The van der Waals surface area contributed by atoms with Crippen molar-refractivity contribution in [3.8, 4) is 0 Å². The van der Waals surface area contributed by atoms with E-state index in [0.717, 1.165) is 24.1 Å². The Bertz CT molecular complexity index is 580. The highest BCUT2D eigenvalue weighted by Gasteiger charge is 2.27. The predicted octanol–water partition coefficient (Wildman–Crippen LogP) is 1.82. The first kappa shape index (κ1) is 16.7. The van der Waals surface area contributed by atoms with Crippen molar-refractivity contribution < 1.29 is 13.2 Å². The van der Waals surface area contributed by atoms with Gasteiger partial charge in [0, 0.05) is 24.5 Å². The fourth-order valence-corrected chi connectivity index (χ4v) is 5.36. The molecular weight excluding hydrogens is 332 g/mol. The van der Waals surface area contributed by atoms with Crippen LogP contribution < -0.4 is 5.32 Å². The van der Waals surface area contributed by atoms with E-state index in [2.05, 4.69) is 5.32 Å². The van der Waals surface area contributed by atoms with E-state index >= 15 is 0 Å². The molecule has 0 bridgehead atoms. The largest absolute Gasteiger partial charge is 0.355 e. The van der Waals surface area contributed by atoms with Gasteiger partial charge in [0.1, 0.15) is 10.1 Å². The molecule has 1 aliphatic heterocycles. The summed E-state index contributed by atoms with van der Waals surface area (Å²) in [6.07, 6.45) is 3.58. The molecule has 1 amide bonds. The third kappa shape index (κ3) is 4.42. The molecule has 0 aliphatic carbocycles. The van der Waals surface area contributed by atoms with Crippen LogP contribution in [-0.2, 0) is 21.2 Å². The van der Waals surface area contributed by atoms with Gasteiger partial charge in [-0.05, 0) is 31.4 Å². The van der Waals surface area contributed by atoms with Crippen LogP contribution in [-0.4, -0.2) is 44.1 Å². The number of halogens is 1. The van der Waals surface area contributed by atoms with Crippen molar-refractivity contribution in [2.75, 3.05) is 25.5 Å². The number of rotatable bonds is 6. The van der Waals surface area contributed by atoms with Crippen molar-refractivity contribution in [1.29, 1.82) is 0 Å². The zero-order chi connectivity index (χ0) is 15.3. The SMILES string of the molecule is O=C(CCl)NCCc1ccc(S(=O)(=O)N2CCCCC2)s1. The number of amides is 1. The van der Waals surface area contributed by atoms with E-state index in [1.807, 2.05) is 6.07 Å². The summed E-state index contributed by atoms with van der Waals surface area (Å²) in [6.45, 7) is 1.69. The molecule has 1 N–H and O–H groups in total. The maximum atomic E-state index is 12.5. The Morgan fingerprint density at radius 2 is 2.00 bits per heavy atom. The monoisotopic (exact) mass is 350 g/mol. The topological polar surface area (TPSA) is 66.5 Å². The highest BCUT2D eigenvalue weighted by molar-refractivity contribution is 7.91. The van der Waals surface area contributed by atoms with Gasteiger partial charge in [-0.3, -0.25) is 4.79 Å². The van der Waals surface area contributed by atoms with Crippen LogP contribution in [0.1, 0.15) is 24.1 Å². The van der Waals surface area contributed by atoms with E-state index in [-0.39, 0.29) is 11.8 Å². The van der Waals surface area contributed by atoms with Crippen LogP contribution in [0.25, 0.3) is 0 Å². The molecule has 118 valence electrons. The second kappa shape index (κ2) is 7.58. The molecule has 1 fully saturated rings. The zero-order valence-corrected chi connectivity index (χ0v) is 14.1. The van der Waals surface area contributed by atoms with Gasteiger partial charge in [0.2, 0.25) is 5.91 Å². The first-order valence-corrected chi connectivity index (χ1v) is 9.74. The third-order valence-electron chi connectivity index (χ3n) is 3.36. The quantitative estimate of drug-likeness (QED) is 0.796. The maximum Gasteiger partial charge on any atom is 0.252 e. The van der Waals surface area contributed by atoms with Crippen molar-refractivity contribution in [3.63, 3.8) is 0 Å². The number of alkyl halides is 1. The Hall–Kier alpha value is -0.630. The Morgan fingerprint density at radius 1 is 1.29 bits per heavy atom. The second-order valence-electron chi connectivity index (χ2n) is 4.92. The Balaban J connectivity index is 1.96. The van der Waals surface area contributed by atoms with E-state index in [4.69, 9.17) is 11.6 Å². The summed E-state index contributed by atoms with van der Waals surface area (Å²) in [5.41, 5.74) is 0. The lowest BCUT2D eigenvalue weighted by Gasteiger charge is -2.25. The molecule has 1 aliphatic rings. The molecule has 0 unspecified atom stereocenters. The minimum atomic E-state index is -3.34. The van der Waals surface area contributed by atoms with E-state index in [9.17, 15) is 13.2 Å². The minimum Gasteiger partial charge on any atom is -0.355 e. The molecule has 2 rings (SSSR count). The van der Waals surface area contributed by atoms with Gasteiger partial charge < -0.3 is 5.32 Å². The summed E-state index contributed by atoms with van der Waals surface area (Å²) in [5.74, 6) is -0.270. The second-order valence-corrected chi connectivity index (χ2v) is 8.52. The number of sulfonamides is 1. The lowest BCUT2D eigenvalue weighted by molar-refractivity contribution is -0.118. The van der Waals surface area contributed by atoms with Gasteiger partial charge in [-0.1, -0.05) is 6.42 Å². The number of thiophene rings is 1. The maximum absolute atomic E-state index is 12.5. The van der Waals surface area contributed by atoms with Crippen LogP contribution in [0, 0.1) is 0 Å². The molecule has 1 saturated heterocycles. The summed E-state index contributed by atoms with van der Waals surface area (Å²) >= 11 is 6.67. The van der Waals surface area contributed by atoms with Crippen molar-refractivity contribution in [2.24, 2.45) is 0 Å². The van der Waals surface area contributed by atoms with Crippen LogP contribution >= 0.6 is 22.9 Å². The van der Waals surface area contributed by atoms with Gasteiger partial charge in [-0.25, -0.2) is 8.42 Å². The number of nitrogens with zero attached hydrogens (tertiary/aromatic N) is 1. The van der Waals surface area contributed by atoms with E-state index in [0.29, 0.717) is 30.3 Å². The van der Waals surface area contributed by atoms with Gasteiger partial charge in [0.05, 0.1) is 0 Å². The van der Waals surface area contributed by atoms with Crippen molar-refractivity contribution in [2.45, 2.75) is 29.9 Å². The van der Waals surface area contributed by atoms with Crippen LogP contribution in [0.5, 0.6) is 0 Å². The summed E-state index contributed by atoms with van der Waals surface area (Å²) in [7, 11) is -3.34. The summed E-state index contributed by atoms with van der Waals surface area (Å²) in [5, 5.41) is 2.67. The molecule has 0 radical (unpaired) electrons. The van der Waals surface area contributed by atoms with Gasteiger partial charge in [0.15, 0.2) is 0 Å². The lowest BCUT2D eigenvalue weighted by atomic mass is 10.2. The highest BCUT2D eigenvalue weighted by atomic mass is 35.5. The number of hydrogen-bond acceptors (Lipinski definition) is 4. The average Bonchev–Trinajstić information content (AvgIpc) is 2.97. The Morgan fingerprint density at radius 3 is 2.67 bits per heavy atom. The lowest BCUT2D eigenvalue weighted by Crippen LogP contribution is -2.35. The molecule has 0 atom stereocenters. The fraction of sp³-hybridized carbons (Fsp3) is 0.615. The summed E-state index contributed by atoms with van der Waals surface area (Å²) < 4.78 is 26.9. The first-order valence-electron chi connectivity index (χ1n) is 6.95. The first-order chi connectivity index (χ1) is 10.0.